The van der Waals surface area contributed by atoms with Gasteiger partial charge in [0.25, 0.3) is 0 Å². The van der Waals surface area contributed by atoms with Gasteiger partial charge >= 0.3 is 0 Å². The molecular weight excluding hydrogens is 202 g/mol. The van der Waals surface area contributed by atoms with E-state index in [2.05, 4.69) is 5.32 Å². The van der Waals surface area contributed by atoms with Crippen LogP contribution in [0.1, 0.15) is 46.5 Å². The average Bonchev–Trinajstić information content (AvgIpc) is 2.78. The quantitative estimate of drug-likeness (QED) is 0.754. The molecule has 1 amide bonds. The van der Waals surface area contributed by atoms with Crippen LogP contribution < -0.4 is 5.32 Å². The number of hydrogen-bond donors (Lipinski definition) is 2. The van der Waals surface area contributed by atoms with Crippen molar-refractivity contribution in [1.29, 1.82) is 0 Å². The Labute approximate surface area is 98.6 Å². The second kappa shape index (κ2) is 5.67. The molecule has 0 aromatic rings. The van der Waals surface area contributed by atoms with Gasteiger partial charge in [0, 0.05) is 18.6 Å². The molecule has 0 aromatic heterocycles. The van der Waals surface area contributed by atoms with Crippen molar-refractivity contribution in [2.24, 2.45) is 17.3 Å². The molecule has 1 aliphatic carbocycles. The zero-order valence-corrected chi connectivity index (χ0v) is 10.8. The van der Waals surface area contributed by atoms with E-state index in [-0.39, 0.29) is 23.8 Å². The van der Waals surface area contributed by atoms with Crippen LogP contribution in [0.15, 0.2) is 0 Å². The van der Waals surface area contributed by atoms with Gasteiger partial charge in [0.1, 0.15) is 0 Å². The highest BCUT2D eigenvalue weighted by atomic mass is 16.3. The van der Waals surface area contributed by atoms with Crippen molar-refractivity contribution in [3.05, 3.63) is 0 Å². The van der Waals surface area contributed by atoms with E-state index >= 15 is 0 Å². The third kappa shape index (κ3) is 3.21. The number of rotatable bonds is 5. The number of hydrogen-bond acceptors (Lipinski definition) is 2. The zero-order valence-electron chi connectivity index (χ0n) is 10.8. The minimum atomic E-state index is -0.258. The van der Waals surface area contributed by atoms with Crippen LogP contribution in [0.2, 0.25) is 0 Å². The SMILES string of the molecule is CC(CO)CNC(=O)C(C)(C)C1CCCC1. The standard InChI is InChI=1S/C13H25NO2/c1-10(9-15)8-14-12(16)13(2,3)11-6-4-5-7-11/h10-11,15H,4-9H2,1-3H3,(H,14,16). The monoisotopic (exact) mass is 227 g/mol. The smallest absolute Gasteiger partial charge is 0.225 e. The minimum Gasteiger partial charge on any atom is -0.396 e. The summed E-state index contributed by atoms with van der Waals surface area (Å²) in [5.41, 5.74) is -0.258. The molecule has 0 aromatic carbocycles. The van der Waals surface area contributed by atoms with Crippen LogP contribution in [-0.4, -0.2) is 24.2 Å². The Morgan fingerprint density at radius 3 is 2.50 bits per heavy atom. The third-order valence-corrected chi connectivity index (χ3v) is 3.88. The summed E-state index contributed by atoms with van der Waals surface area (Å²) in [5.74, 6) is 0.806. The molecule has 3 nitrogen and oxygen atoms in total. The molecule has 0 saturated heterocycles. The summed E-state index contributed by atoms with van der Waals surface area (Å²) in [6.07, 6.45) is 4.87. The number of aliphatic hydroxyl groups is 1. The van der Waals surface area contributed by atoms with Crippen molar-refractivity contribution in [3.63, 3.8) is 0 Å². The molecule has 0 aliphatic heterocycles. The van der Waals surface area contributed by atoms with Gasteiger partial charge in [0.2, 0.25) is 5.91 Å². The van der Waals surface area contributed by atoms with E-state index in [4.69, 9.17) is 5.11 Å². The first-order valence-corrected chi connectivity index (χ1v) is 6.37. The molecule has 1 atom stereocenters. The van der Waals surface area contributed by atoms with Gasteiger partial charge < -0.3 is 10.4 Å². The van der Waals surface area contributed by atoms with Crippen LogP contribution in [0.3, 0.4) is 0 Å². The highest BCUT2D eigenvalue weighted by Gasteiger charge is 2.37. The van der Waals surface area contributed by atoms with Gasteiger partial charge in [0.15, 0.2) is 0 Å². The zero-order chi connectivity index (χ0) is 12.2. The highest BCUT2D eigenvalue weighted by Crippen LogP contribution is 2.39. The Hall–Kier alpha value is -0.570. The predicted molar refractivity (Wildman–Crippen MR) is 65.0 cm³/mol. The maximum atomic E-state index is 12.1. The van der Waals surface area contributed by atoms with Crippen LogP contribution in [0.25, 0.3) is 0 Å². The molecular formula is C13H25NO2. The van der Waals surface area contributed by atoms with Crippen molar-refractivity contribution in [1.82, 2.24) is 5.32 Å². The summed E-state index contributed by atoms with van der Waals surface area (Å²) in [6.45, 7) is 6.72. The maximum Gasteiger partial charge on any atom is 0.225 e. The summed E-state index contributed by atoms with van der Waals surface area (Å²) in [7, 11) is 0. The van der Waals surface area contributed by atoms with Crippen LogP contribution >= 0.6 is 0 Å². The topological polar surface area (TPSA) is 49.3 Å². The summed E-state index contributed by atoms with van der Waals surface area (Å²) < 4.78 is 0. The van der Waals surface area contributed by atoms with Gasteiger partial charge in [-0.25, -0.2) is 0 Å². The fourth-order valence-corrected chi connectivity index (χ4v) is 2.39. The fraction of sp³-hybridized carbons (Fsp3) is 0.923. The van der Waals surface area contributed by atoms with E-state index in [9.17, 15) is 4.79 Å². The van der Waals surface area contributed by atoms with Crippen molar-refractivity contribution in [2.75, 3.05) is 13.2 Å². The summed E-state index contributed by atoms with van der Waals surface area (Å²) >= 11 is 0. The Bertz CT molecular complexity index is 232. The van der Waals surface area contributed by atoms with Crippen LogP contribution in [0, 0.1) is 17.3 Å². The van der Waals surface area contributed by atoms with Crippen molar-refractivity contribution in [3.8, 4) is 0 Å². The van der Waals surface area contributed by atoms with Gasteiger partial charge in [0.05, 0.1) is 0 Å². The van der Waals surface area contributed by atoms with E-state index in [0.717, 1.165) is 0 Å². The van der Waals surface area contributed by atoms with E-state index in [1.165, 1.54) is 25.7 Å². The molecule has 1 fully saturated rings. The molecule has 3 heteroatoms. The molecule has 0 spiro atoms. The second-order valence-electron chi connectivity index (χ2n) is 5.70. The Balaban J connectivity index is 2.44. The molecule has 1 saturated carbocycles. The lowest BCUT2D eigenvalue weighted by Crippen LogP contribution is -2.43. The van der Waals surface area contributed by atoms with Gasteiger partial charge in [-0.1, -0.05) is 33.6 Å². The van der Waals surface area contributed by atoms with Crippen molar-refractivity contribution in [2.45, 2.75) is 46.5 Å². The van der Waals surface area contributed by atoms with Gasteiger partial charge in [-0.2, -0.15) is 0 Å². The lowest BCUT2D eigenvalue weighted by Gasteiger charge is -2.30. The Morgan fingerprint density at radius 2 is 2.00 bits per heavy atom. The van der Waals surface area contributed by atoms with Gasteiger partial charge in [-0.3, -0.25) is 4.79 Å². The minimum absolute atomic E-state index is 0.129. The fourth-order valence-electron chi connectivity index (χ4n) is 2.39. The normalized spacial score (nSPS) is 19.8. The molecule has 94 valence electrons. The number of nitrogens with one attached hydrogen (secondary N) is 1. The summed E-state index contributed by atoms with van der Waals surface area (Å²) in [5, 5.41) is 11.9. The molecule has 1 rings (SSSR count). The lowest BCUT2D eigenvalue weighted by molar-refractivity contribution is -0.132. The predicted octanol–water partition coefficient (Wildman–Crippen LogP) is 1.95. The molecule has 16 heavy (non-hydrogen) atoms. The van der Waals surface area contributed by atoms with E-state index < -0.39 is 0 Å². The molecule has 0 radical (unpaired) electrons. The summed E-state index contributed by atoms with van der Waals surface area (Å²) in [4.78, 5) is 12.1. The Morgan fingerprint density at radius 1 is 1.44 bits per heavy atom. The van der Waals surface area contributed by atoms with E-state index in [1.807, 2.05) is 20.8 Å². The second-order valence-corrected chi connectivity index (χ2v) is 5.70. The molecule has 1 aliphatic rings. The van der Waals surface area contributed by atoms with Crippen LogP contribution in [-0.2, 0) is 4.79 Å². The van der Waals surface area contributed by atoms with Gasteiger partial charge in [-0.05, 0) is 24.7 Å². The van der Waals surface area contributed by atoms with Gasteiger partial charge in [-0.15, -0.1) is 0 Å². The molecule has 0 heterocycles. The van der Waals surface area contributed by atoms with Crippen molar-refractivity contribution >= 4 is 5.91 Å². The number of carbonyl (C=O) groups is 1. The average molecular weight is 227 g/mol. The molecule has 1 unspecified atom stereocenters. The number of amides is 1. The van der Waals surface area contributed by atoms with Crippen LogP contribution in [0.4, 0.5) is 0 Å². The molecule has 2 N–H and O–H groups in total. The summed E-state index contributed by atoms with van der Waals surface area (Å²) in [6, 6.07) is 0. The highest BCUT2D eigenvalue weighted by molar-refractivity contribution is 5.82. The third-order valence-electron chi connectivity index (χ3n) is 3.88. The first kappa shape index (κ1) is 13.5. The lowest BCUT2D eigenvalue weighted by atomic mass is 9.77. The molecule has 0 bridgehead atoms. The maximum absolute atomic E-state index is 12.1. The largest absolute Gasteiger partial charge is 0.396 e. The first-order valence-electron chi connectivity index (χ1n) is 6.37. The van der Waals surface area contributed by atoms with E-state index in [0.29, 0.717) is 12.5 Å². The van der Waals surface area contributed by atoms with Crippen molar-refractivity contribution < 1.29 is 9.90 Å². The number of aliphatic hydroxyl groups excluding tert-OH is 1. The van der Waals surface area contributed by atoms with Crippen LogP contribution in [0.5, 0.6) is 0 Å². The van der Waals surface area contributed by atoms with E-state index in [1.54, 1.807) is 0 Å². The number of carbonyl (C=O) groups excluding carboxylic acids is 1. The first-order chi connectivity index (χ1) is 7.48. The Kier molecular flexibility index (Phi) is 4.78.